The van der Waals surface area contributed by atoms with Gasteiger partial charge in [-0.2, -0.15) is 0 Å². The van der Waals surface area contributed by atoms with Crippen molar-refractivity contribution in [1.82, 2.24) is 0 Å². The molecular formula is C9H9BrOS. The first-order chi connectivity index (χ1) is 5.68. The van der Waals surface area contributed by atoms with Gasteiger partial charge in [0.05, 0.1) is 0 Å². The van der Waals surface area contributed by atoms with Crippen LogP contribution in [0.1, 0.15) is 5.56 Å². The van der Waals surface area contributed by atoms with Crippen LogP contribution in [-0.2, 0) is 10.8 Å². The standard InChI is InChI=1S/C9H9BrOS/c1-12(11)7-6-8-2-4-9(10)5-3-8/h2-7H,1H3/b7-6+. The molecule has 1 atom stereocenters. The van der Waals surface area contributed by atoms with E-state index >= 15 is 0 Å². The van der Waals surface area contributed by atoms with E-state index in [0.29, 0.717) is 0 Å². The van der Waals surface area contributed by atoms with Gasteiger partial charge >= 0.3 is 0 Å². The Bertz CT molecular complexity index is 303. The summed E-state index contributed by atoms with van der Waals surface area (Å²) in [5.41, 5.74) is 1.06. The van der Waals surface area contributed by atoms with Crippen molar-refractivity contribution in [1.29, 1.82) is 0 Å². The summed E-state index contributed by atoms with van der Waals surface area (Å²) in [5.74, 6) is 0. The fraction of sp³-hybridized carbons (Fsp3) is 0.111. The normalized spacial score (nSPS) is 13.5. The van der Waals surface area contributed by atoms with Gasteiger partial charge in [0.1, 0.15) is 0 Å². The van der Waals surface area contributed by atoms with E-state index in [0.717, 1.165) is 10.0 Å². The molecule has 1 aromatic carbocycles. The molecule has 12 heavy (non-hydrogen) atoms. The summed E-state index contributed by atoms with van der Waals surface area (Å²) in [7, 11) is -0.864. The Morgan fingerprint density at radius 3 is 2.42 bits per heavy atom. The first-order valence-corrected chi connectivity index (χ1v) is 5.86. The van der Waals surface area contributed by atoms with Gasteiger partial charge in [0, 0.05) is 26.9 Å². The minimum Gasteiger partial charge on any atom is -0.255 e. The third-order valence-corrected chi connectivity index (χ3v) is 2.37. The summed E-state index contributed by atoms with van der Waals surface area (Å²) in [6, 6.07) is 7.84. The molecule has 1 rings (SSSR count). The fourth-order valence-corrected chi connectivity index (χ4v) is 1.36. The fourth-order valence-electron chi connectivity index (χ4n) is 0.748. The van der Waals surface area contributed by atoms with Crippen LogP contribution in [0.2, 0.25) is 0 Å². The Labute approximate surface area is 83.1 Å². The van der Waals surface area contributed by atoms with Crippen LogP contribution in [0.3, 0.4) is 0 Å². The van der Waals surface area contributed by atoms with E-state index in [9.17, 15) is 4.21 Å². The van der Waals surface area contributed by atoms with Crippen LogP contribution in [0.15, 0.2) is 34.1 Å². The highest BCUT2D eigenvalue weighted by molar-refractivity contribution is 9.10. The van der Waals surface area contributed by atoms with E-state index in [1.54, 1.807) is 11.7 Å². The topological polar surface area (TPSA) is 17.1 Å². The zero-order valence-corrected chi connectivity index (χ0v) is 9.06. The van der Waals surface area contributed by atoms with Crippen LogP contribution < -0.4 is 0 Å². The van der Waals surface area contributed by atoms with E-state index < -0.39 is 10.8 Å². The number of rotatable bonds is 2. The molecule has 0 heterocycles. The molecule has 0 saturated heterocycles. The molecule has 0 aliphatic rings. The Morgan fingerprint density at radius 1 is 1.33 bits per heavy atom. The highest BCUT2D eigenvalue weighted by atomic mass is 79.9. The number of hydrogen-bond acceptors (Lipinski definition) is 1. The molecule has 0 N–H and O–H groups in total. The zero-order chi connectivity index (χ0) is 8.97. The average Bonchev–Trinajstić information content (AvgIpc) is 2.03. The van der Waals surface area contributed by atoms with Gasteiger partial charge in [0.25, 0.3) is 0 Å². The molecule has 1 nitrogen and oxygen atoms in total. The van der Waals surface area contributed by atoms with Gasteiger partial charge in [-0.15, -0.1) is 0 Å². The molecule has 0 amide bonds. The van der Waals surface area contributed by atoms with Crippen molar-refractivity contribution in [3.63, 3.8) is 0 Å². The van der Waals surface area contributed by atoms with Crippen molar-refractivity contribution in [3.8, 4) is 0 Å². The lowest BCUT2D eigenvalue weighted by Gasteiger charge is -1.92. The van der Waals surface area contributed by atoms with Crippen molar-refractivity contribution in [3.05, 3.63) is 39.7 Å². The third kappa shape index (κ3) is 3.32. The second-order valence-corrected chi connectivity index (χ2v) is 4.54. The van der Waals surface area contributed by atoms with Gasteiger partial charge < -0.3 is 0 Å². The molecular weight excluding hydrogens is 236 g/mol. The van der Waals surface area contributed by atoms with Crippen molar-refractivity contribution in [2.45, 2.75) is 0 Å². The van der Waals surface area contributed by atoms with Crippen molar-refractivity contribution in [2.24, 2.45) is 0 Å². The van der Waals surface area contributed by atoms with Crippen LogP contribution in [-0.4, -0.2) is 10.5 Å². The number of benzene rings is 1. The summed E-state index contributed by atoms with van der Waals surface area (Å²) in [4.78, 5) is 0. The predicted octanol–water partition coefficient (Wildman–Crippen LogP) is 2.80. The zero-order valence-electron chi connectivity index (χ0n) is 6.66. The van der Waals surface area contributed by atoms with Crippen molar-refractivity contribution >= 4 is 32.8 Å². The molecule has 0 spiro atoms. The van der Waals surface area contributed by atoms with Gasteiger partial charge in [0.2, 0.25) is 0 Å². The average molecular weight is 245 g/mol. The predicted molar refractivity (Wildman–Crippen MR) is 57.2 cm³/mol. The maximum Gasteiger partial charge on any atom is 0.0424 e. The van der Waals surface area contributed by atoms with E-state index in [1.807, 2.05) is 30.3 Å². The molecule has 0 saturated carbocycles. The van der Waals surface area contributed by atoms with Crippen LogP contribution in [0, 0.1) is 0 Å². The number of halogens is 1. The molecule has 1 unspecified atom stereocenters. The van der Waals surface area contributed by atoms with E-state index in [4.69, 9.17) is 0 Å². The summed E-state index contributed by atoms with van der Waals surface area (Å²) in [6.45, 7) is 0. The Morgan fingerprint density at radius 2 is 1.92 bits per heavy atom. The largest absolute Gasteiger partial charge is 0.255 e. The molecule has 0 aliphatic heterocycles. The summed E-state index contributed by atoms with van der Waals surface area (Å²) in [6.07, 6.45) is 3.50. The molecule has 1 aromatic rings. The van der Waals surface area contributed by atoms with Crippen molar-refractivity contribution < 1.29 is 4.21 Å². The van der Waals surface area contributed by atoms with E-state index in [-0.39, 0.29) is 0 Å². The van der Waals surface area contributed by atoms with Crippen LogP contribution in [0.4, 0.5) is 0 Å². The quantitative estimate of drug-likeness (QED) is 0.783. The monoisotopic (exact) mass is 244 g/mol. The molecule has 0 aromatic heterocycles. The molecule has 0 aliphatic carbocycles. The first kappa shape index (κ1) is 9.68. The minimum absolute atomic E-state index is 0.864. The Balaban J connectivity index is 2.77. The van der Waals surface area contributed by atoms with Crippen LogP contribution in [0.5, 0.6) is 0 Å². The molecule has 3 heteroatoms. The highest BCUT2D eigenvalue weighted by Gasteiger charge is 1.87. The Kier molecular flexibility index (Phi) is 3.69. The lowest BCUT2D eigenvalue weighted by molar-refractivity contribution is 0.692. The number of hydrogen-bond donors (Lipinski definition) is 0. The van der Waals surface area contributed by atoms with Gasteiger partial charge in [-0.3, -0.25) is 4.21 Å². The smallest absolute Gasteiger partial charge is 0.0424 e. The summed E-state index contributed by atoms with van der Waals surface area (Å²) < 4.78 is 11.8. The van der Waals surface area contributed by atoms with Crippen LogP contribution >= 0.6 is 15.9 Å². The highest BCUT2D eigenvalue weighted by Crippen LogP contribution is 2.11. The molecule has 0 fully saturated rings. The second kappa shape index (κ2) is 4.58. The maximum absolute atomic E-state index is 10.7. The maximum atomic E-state index is 10.7. The van der Waals surface area contributed by atoms with E-state index in [1.165, 1.54) is 0 Å². The van der Waals surface area contributed by atoms with Crippen LogP contribution in [0.25, 0.3) is 6.08 Å². The molecule has 0 bridgehead atoms. The van der Waals surface area contributed by atoms with Crippen molar-refractivity contribution in [2.75, 3.05) is 6.26 Å². The molecule has 0 radical (unpaired) electrons. The van der Waals surface area contributed by atoms with Gasteiger partial charge in [-0.05, 0) is 23.8 Å². The van der Waals surface area contributed by atoms with Gasteiger partial charge in [0.15, 0.2) is 0 Å². The lowest BCUT2D eigenvalue weighted by Crippen LogP contribution is -1.75. The Hall–Kier alpha value is -0.410. The van der Waals surface area contributed by atoms with Gasteiger partial charge in [-0.1, -0.05) is 28.1 Å². The third-order valence-electron chi connectivity index (χ3n) is 1.32. The minimum atomic E-state index is -0.864. The van der Waals surface area contributed by atoms with E-state index in [2.05, 4.69) is 15.9 Å². The SMILES string of the molecule is CS(=O)/C=C/c1ccc(Br)cc1. The first-order valence-electron chi connectivity index (χ1n) is 3.44. The van der Waals surface area contributed by atoms with Gasteiger partial charge in [-0.25, -0.2) is 0 Å². The molecule has 64 valence electrons. The summed E-state index contributed by atoms with van der Waals surface area (Å²) >= 11 is 3.34. The lowest BCUT2D eigenvalue weighted by atomic mass is 10.2. The summed E-state index contributed by atoms with van der Waals surface area (Å²) in [5, 5.41) is 1.67. The second-order valence-electron chi connectivity index (χ2n) is 2.35.